The van der Waals surface area contributed by atoms with E-state index in [-0.39, 0.29) is 0 Å². The van der Waals surface area contributed by atoms with Gasteiger partial charge in [-0.25, -0.2) is 0 Å². The summed E-state index contributed by atoms with van der Waals surface area (Å²) in [5.74, 6) is 2.14. The fourth-order valence-corrected chi connectivity index (χ4v) is 2.83. The Morgan fingerprint density at radius 2 is 1.79 bits per heavy atom. The zero-order valence-electron chi connectivity index (χ0n) is 17.1. The molecular weight excluding hydrogens is 366 g/mol. The molecule has 1 heterocycles. The fourth-order valence-electron chi connectivity index (χ4n) is 2.83. The van der Waals surface area contributed by atoms with E-state index in [0.717, 1.165) is 28.5 Å². The van der Waals surface area contributed by atoms with Gasteiger partial charge >= 0.3 is 0 Å². The van der Waals surface area contributed by atoms with Crippen molar-refractivity contribution < 1.29 is 9.47 Å². The first-order valence-corrected chi connectivity index (χ1v) is 9.44. The van der Waals surface area contributed by atoms with Gasteiger partial charge in [-0.15, -0.1) is 0 Å². The van der Waals surface area contributed by atoms with E-state index >= 15 is 0 Å². The van der Waals surface area contributed by atoms with Crippen molar-refractivity contribution in [3.8, 4) is 11.5 Å². The molecule has 1 aromatic heterocycles. The SMILES string of the molecule is CN=C(NCc1ccc(OCc2ccccc2)c(OC)c1)NCc1ccnn1C. The number of methoxy groups -OCH3 is 1. The molecule has 29 heavy (non-hydrogen) atoms. The molecule has 0 aliphatic rings. The lowest BCUT2D eigenvalue weighted by Gasteiger charge is -2.14. The van der Waals surface area contributed by atoms with Crippen LogP contribution in [0.25, 0.3) is 0 Å². The van der Waals surface area contributed by atoms with Crippen LogP contribution < -0.4 is 20.1 Å². The molecule has 0 radical (unpaired) electrons. The van der Waals surface area contributed by atoms with Crippen molar-refractivity contribution in [2.45, 2.75) is 19.7 Å². The second-order valence-corrected chi connectivity index (χ2v) is 6.48. The Labute approximate surface area is 171 Å². The van der Waals surface area contributed by atoms with Gasteiger partial charge in [0.25, 0.3) is 0 Å². The van der Waals surface area contributed by atoms with Crippen molar-refractivity contribution in [1.29, 1.82) is 0 Å². The van der Waals surface area contributed by atoms with Gasteiger partial charge in [-0.05, 0) is 29.3 Å². The van der Waals surface area contributed by atoms with Gasteiger partial charge < -0.3 is 20.1 Å². The summed E-state index contributed by atoms with van der Waals surface area (Å²) in [6.07, 6.45) is 1.78. The minimum Gasteiger partial charge on any atom is -0.493 e. The summed E-state index contributed by atoms with van der Waals surface area (Å²) < 4.78 is 13.3. The van der Waals surface area contributed by atoms with E-state index in [1.807, 2.05) is 66.3 Å². The fraction of sp³-hybridized carbons (Fsp3) is 0.273. The lowest BCUT2D eigenvalue weighted by molar-refractivity contribution is 0.284. The molecule has 0 bridgehead atoms. The maximum Gasteiger partial charge on any atom is 0.191 e. The molecule has 7 heteroatoms. The number of aryl methyl sites for hydroxylation is 1. The zero-order chi connectivity index (χ0) is 20.5. The number of guanidine groups is 1. The molecular formula is C22H27N5O2. The number of aliphatic imine (C=N–C) groups is 1. The zero-order valence-corrected chi connectivity index (χ0v) is 17.1. The van der Waals surface area contributed by atoms with E-state index in [1.165, 1.54) is 0 Å². The first-order chi connectivity index (χ1) is 14.2. The van der Waals surface area contributed by atoms with E-state index < -0.39 is 0 Å². The summed E-state index contributed by atoms with van der Waals surface area (Å²) in [7, 11) is 5.32. The first kappa shape index (κ1) is 20.3. The van der Waals surface area contributed by atoms with Crippen LogP contribution in [0.1, 0.15) is 16.8 Å². The molecule has 0 aliphatic carbocycles. The van der Waals surface area contributed by atoms with Crippen molar-refractivity contribution in [2.75, 3.05) is 14.2 Å². The van der Waals surface area contributed by atoms with E-state index in [1.54, 1.807) is 20.4 Å². The van der Waals surface area contributed by atoms with E-state index in [9.17, 15) is 0 Å². The molecule has 152 valence electrons. The molecule has 0 spiro atoms. The number of hydrogen-bond acceptors (Lipinski definition) is 4. The minimum absolute atomic E-state index is 0.499. The quantitative estimate of drug-likeness (QED) is 0.455. The smallest absolute Gasteiger partial charge is 0.191 e. The van der Waals surface area contributed by atoms with Gasteiger partial charge in [0.2, 0.25) is 0 Å². The van der Waals surface area contributed by atoms with E-state index in [0.29, 0.717) is 25.4 Å². The molecule has 7 nitrogen and oxygen atoms in total. The number of hydrogen-bond donors (Lipinski definition) is 2. The summed E-state index contributed by atoms with van der Waals surface area (Å²) in [5.41, 5.74) is 3.26. The Morgan fingerprint density at radius 1 is 1.00 bits per heavy atom. The highest BCUT2D eigenvalue weighted by molar-refractivity contribution is 5.79. The number of nitrogens with one attached hydrogen (secondary N) is 2. The maximum atomic E-state index is 5.92. The maximum absolute atomic E-state index is 5.92. The Kier molecular flexibility index (Phi) is 7.10. The largest absolute Gasteiger partial charge is 0.493 e. The number of benzene rings is 2. The highest BCUT2D eigenvalue weighted by Gasteiger charge is 2.07. The van der Waals surface area contributed by atoms with Crippen molar-refractivity contribution in [3.63, 3.8) is 0 Å². The Balaban J connectivity index is 1.55. The Hall–Kier alpha value is -3.48. The Morgan fingerprint density at radius 3 is 2.48 bits per heavy atom. The molecule has 2 N–H and O–H groups in total. The van der Waals surface area contributed by atoms with Crippen LogP contribution in [0.2, 0.25) is 0 Å². The monoisotopic (exact) mass is 393 g/mol. The van der Waals surface area contributed by atoms with Crippen LogP contribution in [-0.2, 0) is 26.7 Å². The van der Waals surface area contributed by atoms with Crippen molar-refractivity contribution in [1.82, 2.24) is 20.4 Å². The predicted molar refractivity (Wildman–Crippen MR) is 114 cm³/mol. The lowest BCUT2D eigenvalue weighted by atomic mass is 10.2. The summed E-state index contributed by atoms with van der Waals surface area (Å²) in [4.78, 5) is 4.26. The van der Waals surface area contributed by atoms with Gasteiger partial charge in [0.15, 0.2) is 17.5 Å². The Bertz CT molecular complexity index is 937. The van der Waals surface area contributed by atoms with Gasteiger partial charge in [0.1, 0.15) is 6.61 Å². The third-order valence-electron chi connectivity index (χ3n) is 4.51. The molecule has 0 unspecified atom stereocenters. The van der Waals surface area contributed by atoms with Gasteiger partial charge in [-0.3, -0.25) is 9.67 Å². The minimum atomic E-state index is 0.499. The number of aromatic nitrogens is 2. The standard InChI is InChI=1S/C22H27N5O2/c1-23-22(25-15-19-11-12-26-27(19)2)24-14-18-9-10-20(21(13-18)28-3)29-16-17-7-5-4-6-8-17/h4-13H,14-16H2,1-3H3,(H2,23,24,25). The average molecular weight is 393 g/mol. The van der Waals surface area contributed by atoms with Crippen LogP contribution in [0.4, 0.5) is 0 Å². The van der Waals surface area contributed by atoms with Crippen LogP contribution in [0.3, 0.4) is 0 Å². The molecule has 2 aromatic carbocycles. The normalized spacial score (nSPS) is 11.2. The molecule has 0 saturated carbocycles. The molecule has 0 amide bonds. The van der Waals surface area contributed by atoms with Crippen LogP contribution in [0.5, 0.6) is 11.5 Å². The van der Waals surface area contributed by atoms with Crippen LogP contribution >= 0.6 is 0 Å². The molecule has 3 aromatic rings. The highest BCUT2D eigenvalue weighted by Crippen LogP contribution is 2.28. The molecule has 3 rings (SSSR count). The van der Waals surface area contributed by atoms with Crippen LogP contribution in [0, 0.1) is 0 Å². The summed E-state index contributed by atoms with van der Waals surface area (Å²) in [6, 6.07) is 18.0. The summed E-state index contributed by atoms with van der Waals surface area (Å²) in [6.45, 7) is 1.76. The van der Waals surface area contributed by atoms with Gasteiger partial charge in [0, 0.05) is 26.8 Å². The second kappa shape index (κ2) is 10.2. The van der Waals surface area contributed by atoms with Gasteiger partial charge in [-0.2, -0.15) is 5.10 Å². The topological polar surface area (TPSA) is 72.7 Å². The second-order valence-electron chi connectivity index (χ2n) is 6.48. The predicted octanol–water partition coefficient (Wildman–Crippen LogP) is 2.87. The van der Waals surface area contributed by atoms with Gasteiger partial charge in [0.05, 0.1) is 19.3 Å². The highest BCUT2D eigenvalue weighted by atomic mass is 16.5. The first-order valence-electron chi connectivity index (χ1n) is 9.44. The third-order valence-corrected chi connectivity index (χ3v) is 4.51. The summed E-state index contributed by atoms with van der Waals surface area (Å²) in [5, 5.41) is 10.8. The van der Waals surface area contributed by atoms with Crippen molar-refractivity contribution >= 4 is 5.96 Å². The van der Waals surface area contributed by atoms with Crippen LogP contribution in [-0.4, -0.2) is 29.9 Å². The number of rotatable bonds is 8. The van der Waals surface area contributed by atoms with Gasteiger partial charge in [-0.1, -0.05) is 36.4 Å². The van der Waals surface area contributed by atoms with Crippen molar-refractivity contribution in [2.24, 2.45) is 12.0 Å². The van der Waals surface area contributed by atoms with E-state index in [4.69, 9.17) is 9.47 Å². The van der Waals surface area contributed by atoms with Crippen LogP contribution in [0.15, 0.2) is 65.8 Å². The lowest BCUT2D eigenvalue weighted by Crippen LogP contribution is -2.36. The average Bonchev–Trinajstić information content (AvgIpc) is 3.18. The molecule has 0 aliphatic heterocycles. The molecule has 0 atom stereocenters. The third kappa shape index (κ3) is 5.75. The number of nitrogens with zero attached hydrogens (tertiary/aromatic N) is 3. The molecule has 0 fully saturated rings. The molecule has 0 saturated heterocycles. The van der Waals surface area contributed by atoms with E-state index in [2.05, 4.69) is 20.7 Å². The summed E-state index contributed by atoms with van der Waals surface area (Å²) >= 11 is 0. The van der Waals surface area contributed by atoms with Crippen molar-refractivity contribution in [3.05, 3.63) is 77.6 Å². The number of ether oxygens (including phenoxy) is 2.